The van der Waals surface area contributed by atoms with E-state index in [-0.39, 0.29) is 0 Å². The van der Waals surface area contributed by atoms with E-state index in [2.05, 4.69) is 16.4 Å². The van der Waals surface area contributed by atoms with E-state index in [0.29, 0.717) is 10.9 Å². The maximum Gasteiger partial charge on any atom is 0.257 e. The Hall–Kier alpha value is -1.46. The quantitative estimate of drug-likeness (QED) is 0.576. The van der Waals surface area contributed by atoms with E-state index in [0.717, 1.165) is 16.9 Å². The van der Waals surface area contributed by atoms with E-state index >= 15 is 0 Å². The zero-order valence-electron chi connectivity index (χ0n) is 8.92. The average molecular weight is 262 g/mol. The highest BCUT2D eigenvalue weighted by atomic mass is 32.2. The van der Waals surface area contributed by atoms with Crippen LogP contribution in [0.3, 0.4) is 0 Å². The molecule has 0 atom stereocenters. The van der Waals surface area contributed by atoms with Crippen LogP contribution in [0.1, 0.15) is 4.88 Å². The summed E-state index contributed by atoms with van der Waals surface area (Å²) in [5, 5.41) is 2.77. The van der Waals surface area contributed by atoms with E-state index in [1.807, 2.05) is 24.3 Å². The van der Waals surface area contributed by atoms with Crippen molar-refractivity contribution in [3.05, 3.63) is 40.6 Å². The molecule has 0 amide bonds. The van der Waals surface area contributed by atoms with E-state index in [1.165, 1.54) is 4.88 Å². The van der Waals surface area contributed by atoms with Crippen LogP contribution < -0.4 is 5.73 Å². The van der Waals surface area contributed by atoms with Crippen molar-refractivity contribution in [3.63, 3.8) is 0 Å². The van der Waals surface area contributed by atoms with Gasteiger partial charge in [0.15, 0.2) is 5.58 Å². The highest BCUT2D eigenvalue weighted by molar-refractivity contribution is 7.98. The fraction of sp³-hybridized carbons (Fsp3) is 0.0833. The van der Waals surface area contributed by atoms with Crippen molar-refractivity contribution in [1.82, 2.24) is 4.98 Å². The minimum absolute atomic E-state index is 0.694. The van der Waals surface area contributed by atoms with Crippen LogP contribution in [0.5, 0.6) is 0 Å². The van der Waals surface area contributed by atoms with E-state index in [4.69, 9.17) is 10.2 Å². The van der Waals surface area contributed by atoms with Gasteiger partial charge in [0.1, 0.15) is 5.52 Å². The van der Waals surface area contributed by atoms with Crippen LogP contribution in [0.2, 0.25) is 0 Å². The summed E-state index contributed by atoms with van der Waals surface area (Å²) in [5.74, 6) is 0.889. The van der Waals surface area contributed by atoms with Crippen LogP contribution in [-0.2, 0) is 5.75 Å². The van der Waals surface area contributed by atoms with Crippen LogP contribution in [0, 0.1) is 0 Å². The van der Waals surface area contributed by atoms with E-state index in [1.54, 1.807) is 23.1 Å². The SMILES string of the molecule is Nc1ccc2oc(SCc3cccs3)nc2c1. The number of nitrogens with two attached hydrogens (primary N) is 1. The molecule has 3 aromatic rings. The predicted molar refractivity (Wildman–Crippen MR) is 72.3 cm³/mol. The molecule has 2 heterocycles. The molecule has 5 heteroatoms. The lowest BCUT2D eigenvalue weighted by Gasteiger charge is -1.91. The lowest BCUT2D eigenvalue weighted by molar-refractivity contribution is 0.489. The number of hydrogen-bond donors (Lipinski definition) is 1. The second-order valence-corrected chi connectivity index (χ2v) is 5.53. The number of benzene rings is 1. The third-order valence-corrected chi connectivity index (χ3v) is 4.25. The minimum Gasteiger partial charge on any atom is -0.431 e. The normalized spacial score (nSPS) is 11.1. The van der Waals surface area contributed by atoms with Crippen molar-refractivity contribution in [2.24, 2.45) is 0 Å². The number of nitrogen functional groups attached to an aromatic ring is 1. The molecule has 2 aromatic heterocycles. The van der Waals surface area contributed by atoms with Gasteiger partial charge in [0.25, 0.3) is 5.22 Å². The van der Waals surface area contributed by atoms with E-state index in [9.17, 15) is 0 Å². The maximum absolute atomic E-state index is 5.70. The first-order valence-electron chi connectivity index (χ1n) is 5.12. The standard InChI is InChI=1S/C12H10N2OS2/c13-8-3-4-11-10(6-8)14-12(15-11)17-7-9-2-1-5-16-9/h1-6H,7,13H2. The third kappa shape index (κ3) is 2.30. The number of oxazole rings is 1. The van der Waals surface area contributed by atoms with Crippen molar-refractivity contribution >= 4 is 39.9 Å². The molecule has 0 saturated heterocycles. The summed E-state index contributed by atoms with van der Waals surface area (Å²) in [6.07, 6.45) is 0. The van der Waals surface area contributed by atoms with Gasteiger partial charge in [0.2, 0.25) is 0 Å². The predicted octanol–water partition coefficient (Wildman–Crippen LogP) is 3.76. The smallest absolute Gasteiger partial charge is 0.257 e. The zero-order chi connectivity index (χ0) is 11.7. The van der Waals surface area contributed by atoms with Gasteiger partial charge in [-0.1, -0.05) is 17.8 Å². The summed E-state index contributed by atoms with van der Waals surface area (Å²) in [7, 11) is 0. The van der Waals surface area contributed by atoms with Crippen molar-refractivity contribution < 1.29 is 4.42 Å². The summed E-state index contributed by atoms with van der Waals surface area (Å²) in [4.78, 5) is 5.71. The Balaban J connectivity index is 1.81. The zero-order valence-corrected chi connectivity index (χ0v) is 10.6. The molecule has 17 heavy (non-hydrogen) atoms. The van der Waals surface area contributed by atoms with Gasteiger partial charge in [-0.05, 0) is 29.6 Å². The molecule has 0 saturated carbocycles. The lowest BCUT2D eigenvalue weighted by Crippen LogP contribution is -1.82. The summed E-state index contributed by atoms with van der Waals surface area (Å²) in [6, 6.07) is 9.66. The molecule has 0 aliphatic rings. The summed E-state index contributed by atoms with van der Waals surface area (Å²) < 4.78 is 5.62. The van der Waals surface area contributed by atoms with Crippen LogP contribution in [0.4, 0.5) is 5.69 Å². The van der Waals surface area contributed by atoms with Gasteiger partial charge >= 0.3 is 0 Å². The van der Waals surface area contributed by atoms with Gasteiger partial charge < -0.3 is 10.2 Å². The second-order valence-electron chi connectivity index (χ2n) is 3.57. The number of rotatable bonds is 3. The Labute approximate surface area is 107 Å². The first kappa shape index (κ1) is 10.7. The Kier molecular flexibility index (Phi) is 2.78. The van der Waals surface area contributed by atoms with Crippen LogP contribution in [0.25, 0.3) is 11.1 Å². The fourth-order valence-electron chi connectivity index (χ4n) is 1.51. The fourth-order valence-corrected chi connectivity index (χ4v) is 3.12. The maximum atomic E-state index is 5.70. The molecular weight excluding hydrogens is 252 g/mol. The molecular formula is C12H10N2OS2. The Bertz CT molecular complexity index is 631. The largest absolute Gasteiger partial charge is 0.431 e. The Morgan fingerprint density at radius 3 is 3.12 bits per heavy atom. The molecule has 86 valence electrons. The van der Waals surface area contributed by atoms with Gasteiger partial charge in [-0.3, -0.25) is 0 Å². The monoisotopic (exact) mass is 262 g/mol. The second kappa shape index (κ2) is 4.43. The highest BCUT2D eigenvalue weighted by Crippen LogP contribution is 2.28. The van der Waals surface area contributed by atoms with Crippen molar-refractivity contribution in [1.29, 1.82) is 0 Å². The molecule has 2 N–H and O–H groups in total. The Morgan fingerprint density at radius 1 is 1.35 bits per heavy atom. The minimum atomic E-state index is 0.694. The summed E-state index contributed by atoms with van der Waals surface area (Å²) >= 11 is 3.34. The van der Waals surface area contributed by atoms with Crippen LogP contribution in [-0.4, -0.2) is 4.98 Å². The molecule has 0 aliphatic heterocycles. The molecule has 1 aromatic carbocycles. The van der Waals surface area contributed by atoms with Crippen LogP contribution >= 0.6 is 23.1 Å². The third-order valence-electron chi connectivity index (χ3n) is 2.31. The van der Waals surface area contributed by atoms with E-state index < -0.39 is 0 Å². The first-order chi connectivity index (χ1) is 8.31. The van der Waals surface area contributed by atoms with Gasteiger partial charge in [-0.15, -0.1) is 11.3 Å². The average Bonchev–Trinajstić information content (AvgIpc) is 2.94. The number of hydrogen-bond acceptors (Lipinski definition) is 5. The van der Waals surface area contributed by atoms with Gasteiger partial charge in [-0.2, -0.15) is 0 Å². The van der Waals surface area contributed by atoms with Gasteiger partial charge in [0, 0.05) is 16.3 Å². The molecule has 0 fully saturated rings. The number of thioether (sulfide) groups is 1. The lowest BCUT2D eigenvalue weighted by atomic mass is 10.3. The molecule has 3 nitrogen and oxygen atoms in total. The molecule has 0 unspecified atom stereocenters. The highest BCUT2D eigenvalue weighted by Gasteiger charge is 2.07. The molecule has 0 spiro atoms. The number of anilines is 1. The molecule has 0 aliphatic carbocycles. The first-order valence-corrected chi connectivity index (χ1v) is 6.99. The number of nitrogens with zero attached hydrogens (tertiary/aromatic N) is 1. The molecule has 0 radical (unpaired) electrons. The van der Waals surface area contributed by atoms with Crippen LogP contribution in [0.15, 0.2) is 45.4 Å². The molecule has 3 rings (SSSR count). The van der Waals surface area contributed by atoms with Crippen molar-refractivity contribution in [2.45, 2.75) is 11.0 Å². The van der Waals surface area contributed by atoms with Crippen molar-refractivity contribution in [3.8, 4) is 0 Å². The number of thiophene rings is 1. The Morgan fingerprint density at radius 2 is 2.29 bits per heavy atom. The number of aromatic nitrogens is 1. The topological polar surface area (TPSA) is 52.0 Å². The van der Waals surface area contributed by atoms with Gasteiger partial charge in [-0.25, -0.2) is 4.98 Å². The summed E-state index contributed by atoms with van der Waals surface area (Å²) in [5.41, 5.74) is 8.01. The number of fused-ring (bicyclic) bond motifs is 1. The van der Waals surface area contributed by atoms with Crippen molar-refractivity contribution in [2.75, 3.05) is 5.73 Å². The van der Waals surface area contributed by atoms with Gasteiger partial charge in [0.05, 0.1) is 0 Å². The molecule has 0 bridgehead atoms. The summed E-state index contributed by atoms with van der Waals surface area (Å²) in [6.45, 7) is 0.